The van der Waals surface area contributed by atoms with Crippen LogP contribution in [0.5, 0.6) is 0 Å². The molecule has 0 spiro atoms. The number of benzene rings is 1. The molecule has 0 bridgehead atoms. The molecular weight excluding hydrogens is 400 g/mol. The number of rotatable bonds is 3. The van der Waals surface area contributed by atoms with Gasteiger partial charge in [0.1, 0.15) is 5.82 Å². The van der Waals surface area contributed by atoms with E-state index >= 15 is 0 Å². The van der Waals surface area contributed by atoms with Gasteiger partial charge in [-0.25, -0.2) is 9.82 Å². The van der Waals surface area contributed by atoms with Gasteiger partial charge in [-0.2, -0.15) is 0 Å². The normalized spacial score (nSPS) is 12.5. The monoisotopic (exact) mass is 407 g/mol. The minimum absolute atomic E-state index is 0.0230. The van der Waals surface area contributed by atoms with Crippen LogP contribution < -0.4 is 11.3 Å². The third-order valence-corrected chi connectivity index (χ3v) is 4.32. The molecular formula is C12H9Br2ClFN3. The van der Waals surface area contributed by atoms with E-state index in [1.807, 2.05) is 6.07 Å². The number of hydrogen-bond acceptors (Lipinski definition) is 3. The Morgan fingerprint density at radius 2 is 2.00 bits per heavy atom. The van der Waals surface area contributed by atoms with Gasteiger partial charge in [-0.3, -0.25) is 10.8 Å². The molecule has 0 aliphatic heterocycles. The topological polar surface area (TPSA) is 50.9 Å². The number of hydrogen-bond donors (Lipinski definition) is 2. The minimum Gasteiger partial charge on any atom is -0.271 e. The molecule has 1 unspecified atom stereocenters. The second kappa shape index (κ2) is 6.28. The van der Waals surface area contributed by atoms with E-state index in [2.05, 4.69) is 42.3 Å². The molecule has 2 aromatic rings. The van der Waals surface area contributed by atoms with Gasteiger partial charge in [-0.1, -0.05) is 17.7 Å². The Labute approximate surface area is 131 Å². The first-order valence-corrected chi connectivity index (χ1v) is 7.22. The average Bonchev–Trinajstić information content (AvgIpc) is 2.41. The molecule has 1 heterocycles. The van der Waals surface area contributed by atoms with E-state index in [1.54, 1.807) is 24.4 Å². The smallest absolute Gasteiger partial charge is 0.148 e. The first kappa shape index (κ1) is 14.9. The molecule has 1 aromatic heterocycles. The summed E-state index contributed by atoms with van der Waals surface area (Å²) in [5, 5.41) is 0.0230. The minimum atomic E-state index is -0.571. The molecule has 2 rings (SSSR count). The van der Waals surface area contributed by atoms with Gasteiger partial charge >= 0.3 is 0 Å². The summed E-state index contributed by atoms with van der Waals surface area (Å²) >= 11 is 12.3. The molecule has 0 radical (unpaired) electrons. The molecule has 1 atom stereocenters. The molecule has 0 fully saturated rings. The van der Waals surface area contributed by atoms with Gasteiger partial charge in [0, 0.05) is 20.7 Å². The zero-order chi connectivity index (χ0) is 14.0. The summed E-state index contributed by atoms with van der Waals surface area (Å²) < 4.78 is 15.5. The lowest BCUT2D eigenvalue weighted by Gasteiger charge is -2.17. The van der Waals surface area contributed by atoms with Crippen LogP contribution in [0.3, 0.4) is 0 Å². The molecule has 0 aliphatic rings. The second-order valence-corrected chi connectivity index (χ2v) is 5.91. The van der Waals surface area contributed by atoms with Crippen molar-refractivity contribution in [1.29, 1.82) is 0 Å². The molecule has 0 saturated carbocycles. The zero-order valence-electron chi connectivity index (χ0n) is 9.50. The second-order valence-electron chi connectivity index (χ2n) is 3.77. The number of nitrogens with two attached hydrogens (primary N) is 1. The maximum absolute atomic E-state index is 14.2. The lowest BCUT2D eigenvalue weighted by atomic mass is 10.0. The van der Waals surface area contributed by atoms with Crippen molar-refractivity contribution in [3.63, 3.8) is 0 Å². The highest BCUT2D eigenvalue weighted by atomic mass is 79.9. The number of aromatic nitrogens is 1. The Morgan fingerprint density at radius 1 is 1.26 bits per heavy atom. The fraction of sp³-hybridized carbons (Fsp3) is 0.0833. The third-order valence-electron chi connectivity index (χ3n) is 2.59. The third kappa shape index (κ3) is 3.14. The summed E-state index contributed by atoms with van der Waals surface area (Å²) in [6.45, 7) is 0. The van der Waals surface area contributed by atoms with Gasteiger partial charge in [0.2, 0.25) is 0 Å². The van der Waals surface area contributed by atoms with Crippen molar-refractivity contribution in [1.82, 2.24) is 10.4 Å². The predicted octanol–water partition coefficient (Wildman–Crippen LogP) is 3.95. The van der Waals surface area contributed by atoms with Gasteiger partial charge < -0.3 is 0 Å². The molecule has 0 saturated heterocycles. The number of pyridine rings is 1. The maximum Gasteiger partial charge on any atom is 0.148 e. The van der Waals surface area contributed by atoms with E-state index < -0.39 is 11.9 Å². The first-order chi connectivity index (χ1) is 9.04. The predicted molar refractivity (Wildman–Crippen MR) is 80.2 cm³/mol. The zero-order valence-corrected chi connectivity index (χ0v) is 13.4. The summed E-state index contributed by atoms with van der Waals surface area (Å²) in [7, 11) is 0. The van der Waals surface area contributed by atoms with Crippen LogP contribution in [0.4, 0.5) is 4.39 Å². The van der Waals surface area contributed by atoms with E-state index in [0.29, 0.717) is 15.7 Å². The molecule has 7 heteroatoms. The van der Waals surface area contributed by atoms with Crippen molar-refractivity contribution in [2.75, 3.05) is 0 Å². The largest absolute Gasteiger partial charge is 0.271 e. The molecule has 0 aliphatic carbocycles. The lowest BCUT2D eigenvalue weighted by Crippen LogP contribution is -2.30. The van der Waals surface area contributed by atoms with Crippen molar-refractivity contribution in [2.24, 2.45) is 5.84 Å². The Bertz CT molecular complexity index is 592. The fourth-order valence-corrected chi connectivity index (χ4v) is 2.37. The summed E-state index contributed by atoms with van der Waals surface area (Å²) in [6, 6.07) is 6.28. The van der Waals surface area contributed by atoms with Crippen molar-refractivity contribution < 1.29 is 4.39 Å². The van der Waals surface area contributed by atoms with Crippen LogP contribution in [-0.2, 0) is 0 Å². The average molecular weight is 409 g/mol. The molecule has 3 N–H and O–H groups in total. The molecule has 1 aromatic carbocycles. The van der Waals surface area contributed by atoms with Crippen LogP contribution in [0.15, 0.2) is 39.4 Å². The van der Waals surface area contributed by atoms with Crippen LogP contribution in [0.2, 0.25) is 5.02 Å². The van der Waals surface area contributed by atoms with Crippen molar-refractivity contribution in [2.45, 2.75) is 6.04 Å². The Morgan fingerprint density at radius 3 is 2.58 bits per heavy atom. The summed E-state index contributed by atoms with van der Waals surface area (Å²) in [5.74, 6) is 4.98. The molecule has 100 valence electrons. The highest BCUT2D eigenvalue weighted by molar-refractivity contribution is 9.10. The van der Waals surface area contributed by atoms with Crippen molar-refractivity contribution >= 4 is 43.5 Å². The van der Waals surface area contributed by atoms with E-state index in [-0.39, 0.29) is 5.02 Å². The fourth-order valence-electron chi connectivity index (χ4n) is 1.66. The number of halogens is 4. The van der Waals surface area contributed by atoms with Gasteiger partial charge in [0.05, 0.1) is 16.8 Å². The van der Waals surface area contributed by atoms with Gasteiger partial charge in [0.15, 0.2) is 0 Å². The van der Waals surface area contributed by atoms with E-state index in [9.17, 15) is 4.39 Å². The van der Waals surface area contributed by atoms with Crippen LogP contribution in [0, 0.1) is 5.82 Å². The number of nitrogens with one attached hydrogen (secondary N) is 1. The Kier molecular flexibility index (Phi) is 4.92. The van der Waals surface area contributed by atoms with E-state index in [1.165, 1.54) is 0 Å². The highest BCUT2D eigenvalue weighted by Gasteiger charge is 2.20. The van der Waals surface area contributed by atoms with E-state index in [4.69, 9.17) is 17.4 Å². The quantitative estimate of drug-likeness (QED) is 0.459. The van der Waals surface area contributed by atoms with Gasteiger partial charge in [-0.05, 0) is 50.1 Å². The van der Waals surface area contributed by atoms with Crippen LogP contribution >= 0.6 is 43.5 Å². The highest BCUT2D eigenvalue weighted by Crippen LogP contribution is 2.32. The lowest BCUT2D eigenvalue weighted by molar-refractivity contribution is 0.553. The van der Waals surface area contributed by atoms with E-state index in [0.717, 1.165) is 4.47 Å². The first-order valence-electron chi connectivity index (χ1n) is 5.25. The SMILES string of the molecule is NNC(c1ccc(Br)cn1)c1ccc(Br)c(Cl)c1F. The van der Waals surface area contributed by atoms with Crippen LogP contribution in [-0.4, -0.2) is 4.98 Å². The van der Waals surface area contributed by atoms with Crippen LogP contribution in [0.1, 0.15) is 17.3 Å². The maximum atomic E-state index is 14.2. The molecule has 0 amide bonds. The van der Waals surface area contributed by atoms with Gasteiger partial charge in [-0.15, -0.1) is 0 Å². The van der Waals surface area contributed by atoms with Crippen molar-refractivity contribution in [3.8, 4) is 0 Å². The standard InChI is InChI=1S/C12H9Br2ClFN3/c13-6-1-4-9(18-5-6)12(19-17)7-2-3-8(14)10(15)11(7)16/h1-5,12,19H,17H2. The number of nitrogens with zero attached hydrogens (tertiary/aromatic N) is 1. The molecule has 19 heavy (non-hydrogen) atoms. The number of hydrazine groups is 1. The Hall–Kier alpha value is -0.530. The summed E-state index contributed by atoms with van der Waals surface area (Å²) in [6.07, 6.45) is 1.62. The summed E-state index contributed by atoms with van der Waals surface area (Å²) in [5.41, 5.74) is 3.49. The summed E-state index contributed by atoms with van der Waals surface area (Å²) in [4.78, 5) is 4.21. The van der Waals surface area contributed by atoms with Crippen molar-refractivity contribution in [3.05, 3.63) is 61.5 Å². The Balaban J connectivity index is 2.48. The molecule has 3 nitrogen and oxygen atoms in total. The van der Waals surface area contributed by atoms with Gasteiger partial charge in [0.25, 0.3) is 0 Å². The van der Waals surface area contributed by atoms with Crippen LogP contribution in [0.25, 0.3) is 0 Å².